The molecule has 0 aliphatic carbocycles. The van der Waals surface area contributed by atoms with E-state index in [1.165, 1.54) is 0 Å². The standard InChI is InChI=1S/C15H22ClNO3/c1-3-19-9-7-17(8-10-20-4-2)15-11-14(16)6-5-13(15)12-18/h5-6,11-12H,3-4,7-10H2,1-2H3. The molecule has 4 nitrogen and oxygen atoms in total. The van der Waals surface area contributed by atoms with Crippen LogP contribution >= 0.6 is 11.6 Å². The van der Waals surface area contributed by atoms with Gasteiger partial charge in [-0.15, -0.1) is 0 Å². The molecule has 0 saturated heterocycles. The maximum atomic E-state index is 11.2. The minimum atomic E-state index is 0.605. The second kappa shape index (κ2) is 9.75. The molecule has 0 aromatic heterocycles. The molecule has 0 aliphatic heterocycles. The molecule has 0 unspecified atom stereocenters. The minimum Gasteiger partial charge on any atom is -0.380 e. The van der Waals surface area contributed by atoms with Gasteiger partial charge in [0.25, 0.3) is 0 Å². The minimum absolute atomic E-state index is 0.605. The third kappa shape index (κ3) is 5.49. The zero-order valence-electron chi connectivity index (χ0n) is 12.1. The first-order chi connectivity index (χ1) is 9.72. The van der Waals surface area contributed by atoms with E-state index in [2.05, 4.69) is 4.90 Å². The summed E-state index contributed by atoms with van der Waals surface area (Å²) >= 11 is 6.04. The van der Waals surface area contributed by atoms with Crippen LogP contribution < -0.4 is 4.90 Å². The molecule has 1 aromatic carbocycles. The Kier molecular flexibility index (Phi) is 8.26. The van der Waals surface area contributed by atoms with Crippen LogP contribution in [-0.4, -0.2) is 45.8 Å². The molecule has 0 amide bonds. The number of aldehydes is 1. The number of benzene rings is 1. The maximum absolute atomic E-state index is 11.2. The van der Waals surface area contributed by atoms with Gasteiger partial charge in [0.1, 0.15) is 0 Å². The van der Waals surface area contributed by atoms with E-state index >= 15 is 0 Å². The van der Waals surface area contributed by atoms with Gasteiger partial charge in [-0.3, -0.25) is 4.79 Å². The first-order valence-corrected chi connectivity index (χ1v) is 7.25. The molecule has 1 rings (SSSR count). The van der Waals surface area contributed by atoms with Crippen molar-refractivity contribution in [1.29, 1.82) is 0 Å². The van der Waals surface area contributed by atoms with E-state index in [1.54, 1.807) is 12.1 Å². The number of hydrogen-bond acceptors (Lipinski definition) is 4. The number of rotatable bonds is 10. The molecular weight excluding hydrogens is 278 g/mol. The zero-order chi connectivity index (χ0) is 14.8. The van der Waals surface area contributed by atoms with Crippen LogP contribution in [0.4, 0.5) is 5.69 Å². The molecule has 112 valence electrons. The summed E-state index contributed by atoms with van der Waals surface area (Å²) in [7, 11) is 0. The fourth-order valence-corrected chi connectivity index (χ4v) is 2.05. The SMILES string of the molecule is CCOCCN(CCOCC)c1cc(Cl)ccc1C=O. The molecule has 0 aliphatic rings. The van der Waals surface area contributed by atoms with Gasteiger partial charge >= 0.3 is 0 Å². The number of nitrogens with zero attached hydrogens (tertiary/aromatic N) is 1. The number of carbonyl (C=O) groups excluding carboxylic acids is 1. The summed E-state index contributed by atoms with van der Waals surface area (Å²) in [5.41, 5.74) is 1.45. The predicted octanol–water partition coefficient (Wildman–Crippen LogP) is 3.03. The Hall–Kier alpha value is -1.10. The average molecular weight is 300 g/mol. The quantitative estimate of drug-likeness (QED) is 0.492. The molecule has 20 heavy (non-hydrogen) atoms. The van der Waals surface area contributed by atoms with Crippen LogP contribution in [0, 0.1) is 0 Å². The van der Waals surface area contributed by atoms with E-state index in [0.717, 1.165) is 12.0 Å². The highest BCUT2D eigenvalue weighted by molar-refractivity contribution is 6.31. The second-order valence-electron chi connectivity index (χ2n) is 4.20. The lowest BCUT2D eigenvalue weighted by molar-refractivity contribution is 0.112. The summed E-state index contributed by atoms with van der Waals surface area (Å²) in [6.45, 7) is 7.87. The van der Waals surface area contributed by atoms with Gasteiger partial charge in [0.05, 0.1) is 13.2 Å². The maximum Gasteiger partial charge on any atom is 0.152 e. The van der Waals surface area contributed by atoms with E-state index < -0.39 is 0 Å². The van der Waals surface area contributed by atoms with Crippen molar-refractivity contribution in [2.45, 2.75) is 13.8 Å². The largest absolute Gasteiger partial charge is 0.380 e. The summed E-state index contributed by atoms with van der Waals surface area (Å²) in [4.78, 5) is 13.2. The third-order valence-corrected chi connectivity index (χ3v) is 3.11. The number of carbonyl (C=O) groups is 1. The Morgan fingerprint density at radius 2 is 1.75 bits per heavy atom. The fourth-order valence-electron chi connectivity index (χ4n) is 1.88. The van der Waals surface area contributed by atoms with Crippen LogP contribution in [-0.2, 0) is 9.47 Å². The van der Waals surface area contributed by atoms with Crippen molar-refractivity contribution in [3.63, 3.8) is 0 Å². The number of halogens is 1. The molecule has 0 atom stereocenters. The topological polar surface area (TPSA) is 38.8 Å². The van der Waals surface area contributed by atoms with E-state index in [-0.39, 0.29) is 0 Å². The molecule has 1 aromatic rings. The number of anilines is 1. The van der Waals surface area contributed by atoms with Crippen molar-refractivity contribution in [2.24, 2.45) is 0 Å². The Morgan fingerprint density at radius 1 is 1.15 bits per heavy atom. The lowest BCUT2D eigenvalue weighted by atomic mass is 10.1. The van der Waals surface area contributed by atoms with Crippen molar-refractivity contribution in [1.82, 2.24) is 0 Å². The number of ether oxygens (including phenoxy) is 2. The molecule has 0 N–H and O–H groups in total. The molecular formula is C15H22ClNO3. The van der Waals surface area contributed by atoms with Crippen molar-refractivity contribution in [2.75, 3.05) is 44.4 Å². The van der Waals surface area contributed by atoms with E-state index in [9.17, 15) is 4.79 Å². The van der Waals surface area contributed by atoms with Crippen molar-refractivity contribution in [3.8, 4) is 0 Å². The third-order valence-electron chi connectivity index (χ3n) is 2.88. The van der Waals surface area contributed by atoms with Gasteiger partial charge in [0.2, 0.25) is 0 Å². The normalized spacial score (nSPS) is 10.6. The summed E-state index contributed by atoms with van der Waals surface area (Å²) in [5.74, 6) is 0. The van der Waals surface area contributed by atoms with Gasteiger partial charge in [0.15, 0.2) is 6.29 Å². The summed E-state index contributed by atoms with van der Waals surface area (Å²) < 4.78 is 10.8. The highest BCUT2D eigenvalue weighted by Crippen LogP contribution is 2.23. The molecule has 0 bridgehead atoms. The van der Waals surface area contributed by atoms with Gasteiger partial charge in [-0.1, -0.05) is 11.6 Å². The van der Waals surface area contributed by atoms with E-state index in [1.807, 2.05) is 19.9 Å². The van der Waals surface area contributed by atoms with Crippen molar-refractivity contribution in [3.05, 3.63) is 28.8 Å². The van der Waals surface area contributed by atoms with Crippen LogP contribution in [0.15, 0.2) is 18.2 Å². The first kappa shape index (κ1) is 17.0. The van der Waals surface area contributed by atoms with Crippen LogP contribution in [0.3, 0.4) is 0 Å². The van der Waals surface area contributed by atoms with Crippen LogP contribution in [0.1, 0.15) is 24.2 Å². The van der Waals surface area contributed by atoms with Crippen molar-refractivity contribution < 1.29 is 14.3 Å². The Morgan fingerprint density at radius 3 is 2.25 bits per heavy atom. The molecule has 0 fully saturated rings. The zero-order valence-corrected chi connectivity index (χ0v) is 12.9. The van der Waals surface area contributed by atoms with E-state index in [0.29, 0.717) is 50.1 Å². The van der Waals surface area contributed by atoms with Gasteiger partial charge in [-0.25, -0.2) is 0 Å². The average Bonchev–Trinajstić information content (AvgIpc) is 2.46. The van der Waals surface area contributed by atoms with Gasteiger partial charge in [-0.05, 0) is 32.0 Å². The van der Waals surface area contributed by atoms with Crippen LogP contribution in [0.25, 0.3) is 0 Å². The van der Waals surface area contributed by atoms with Gasteiger partial charge < -0.3 is 14.4 Å². The Balaban J connectivity index is 2.83. The fraction of sp³-hybridized carbons (Fsp3) is 0.533. The summed E-state index contributed by atoms with van der Waals surface area (Å²) in [6.07, 6.45) is 0.847. The predicted molar refractivity (Wildman–Crippen MR) is 82.0 cm³/mol. The second-order valence-corrected chi connectivity index (χ2v) is 4.64. The Labute approximate surface area is 125 Å². The highest BCUT2D eigenvalue weighted by Gasteiger charge is 2.11. The van der Waals surface area contributed by atoms with Crippen LogP contribution in [0.2, 0.25) is 5.02 Å². The molecule has 0 radical (unpaired) electrons. The summed E-state index contributed by atoms with van der Waals surface area (Å²) in [6, 6.07) is 5.26. The van der Waals surface area contributed by atoms with Crippen LogP contribution in [0.5, 0.6) is 0 Å². The summed E-state index contributed by atoms with van der Waals surface area (Å²) in [5, 5.41) is 0.614. The van der Waals surface area contributed by atoms with E-state index in [4.69, 9.17) is 21.1 Å². The van der Waals surface area contributed by atoms with Crippen molar-refractivity contribution >= 4 is 23.6 Å². The Bertz CT molecular complexity index is 402. The smallest absolute Gasteiger partial charge is 0.152 e. The van der Waals surface area contributed by atoms with Gasteiger partial charge in [-0.2, -0.15) is 0 Å². The number of hydrogen-bond donors (Lipinski definition) is 0. The lowest BCUT2D eigenvalue weighted by Crippen LogP contribution is -2.32. The monoisotopic (exact) mass is 299 g/mol. The molecule has 5 heteroatoms. The van der Waals surface area contributed by atoms with Gasteiger partial charge in [0, 0.05) is 42.6 Å². The lowest BCUT2D eigenvalue weighted by Gasteiger charge is -2.26. The molecule has 0 saturated carbocycles. The first-order valence-electron chi connectivity index (χ1n) is 6.88. The molecule has 0 heterocycles. The molecule has 0 spiro atoms. The highest BCUT2D eigenvalue weighted by atomic mass is 35.5.